The lowest BCUT2D eigenvalue weighted by atomic mass is 9.89. The number of likely N-dealkylation sites (N-methyl/N-ethyl adjacent to an activating group) is 1. The zero-order valence-corrected chi connectivity index (χ0v) is 27.4. The highest BCUT2D eigenvalue weighted by Gasteiger charge is 2.35. The Hall–Kier alpha value is -3.70. The molecule has 2 aliphatic carbocycles. The summed E-state index contributed by atoms with van der Waals surface area (Å²) in [6.07, 6.45) is 10.6. The number of aromatic nitrogens is 2. The molecule has 242 valence electrons. The van der Waals surface area contributed by atoms with Gasteiger partial charge in [-0.3, -0.25) is 14.5 Å². The molecule has 45 heavy (non-hydrogen) atoms. The van der Waals surface area contributed by atoms with Gasteiger partial charge >= 0.3 is 0 Å². The molecule has 1 saturated heterocycles. The molecular weight excluding hydrogens is 568 g/mol. The van der Waals surface area contributed by atoms with E-state index < -0.39 is 0 Å². The summed E-state index contributed by atoms with van der Waals surface area (Å²) < 4.78 is 5.67. The van der Waals surface area contributed by atoms with E-state index in [9.17, 15) is 9.59 Å². The molecule has 2 saturated carbocycles. The molecule has 0 atom stereocenters. The predicted octanol–water partition coefficient (Wildman–Crippen LogP) is 4.39. The van der Waals surface area contributed by atoms with Crippen LogP contribution < -0.4 is 25.2 Å². The van der Waals surface area contributed by atoms with Gasteiger partial charge in [0, 0.05) is 63.5 Å². The lowest BCUT2D eigenvalue weighted by molar-refractivity contribution is -0.115. The monoisotopic (exact) mass is 616 g/mol. The Bertz CT molecular complexity index is 1420. The lowest BCUT2D eigenvalue weighted by Gasteiger charge is -2.42. The van der Waals surface area contributed by atoms with Crippen molar-refractivity contribution in [2.45, 2.75) is 77.4 Å². The maximum absolute atomic E-state index is 13.3. The van der Waals surface area contributed by atoms with Crippen LogP contribution in [0.15, 0.2) is 36.2 Å². The standard InChI is InChI=1S/C34H48N8O3/c1-6-28-33(44)39(4)29-20-35-34(38-31(29)42(28)22(2)3)37-27-14-9-24(19-30(27)45-5)32(43)36-25-10-12-26(13-11-25)41-17-15-40(16-18-41)21-23-7-8-23/h6,9,14,19-20,22-23,25-26H,7-8,10-13,15-18,21H2,1-5H3,(H,36,43)(H,35,37,38). The second kappa shape index (κ2) is 13.3. The molecule has 3 fully saturated rings. The van der Waals surface area contributed by atoms with Crippen molar-refractivity contribution in [2.24, 2.45) is 5.92 Å². The Morgan fingerprint density at radius 2 is 1.82 bits per heavy atom. The van der Waals surface area contributed by atoms with Crippen molar-refractivity contribution in [1.82, 2.24) is 25.1 Å². The van der Waals surface area contributed by atoms with Crippen molar-refractivity contribution in [1.29, 1.82) is 0 Å². The summed E-state index contributed by atoms with van der Waals surface area (Å²) in [5, 5.41) is 6.53. The summed E-state index contributed by atoms with van der Waals surface area (Å²) in [7, 11) is 3.32. The number of piperazine rings is 1. The van der Waals surface area contributed by atoms with E-state index in [0.717, 1.165) is 31.6 Å². The van der Waals surface area contributed by atoms with E-state index in [-0.39, 0.29) is 23.9 Å². The maximum atomic E-state index is 13.3. The van der Waals surface area contributed by atoms with E-state index in [1.807, 2.05) is 37.8 Å². The van der Waals surface area contributed by atoms with Crippen molar-refractivity contribution < 1.29 is 14.3 Å². The van der Waals surface area contributed by atoms with Crippen LogP contribution in [0.3, 0.4) is 0 Å². The van der Waals surface area contributed by atoms with Gasteiger partial charge in [-0.05, 0) is 83.4 Å². The van der Waals surface area contributed by atoms with Gasteiger partial charge in [0.15, 0.2) is 5.82 Å². The van der Waals surface area contributed by atoms with Crippen LogP contribution in [0.2, 0.25) is 0 Å². The molecule has 11 heteroatoms. The summed E-state index contributed by atoms with van der Waals surface area (Å²) in [6.45, 7) is 12.0. The minimum Gasteiger partial charge on any atom is -0.495 e. The zero-order chi connectivity index (χ0) is 31.7. The molecule has 4 aliphatic rings. The summed E-state index contributed by atoms with van der Waals surface area (Å²) in [5.74, 6) is 2.33. The van der Waals surface area contributed by atoms with Crippen LogP contribution >= 0.6 is 0 Å². The van der Waals surface area contributed by atoms with E-state index in [1.54, 1.807) is 37.4 Å². The van der Waals surface area contributed by atoms with Crippen LogP contribution in [0.4, 0.5) is 23.1 Å². The van der Waals surface area contributed by atoms with Gasteiger partial charge in [0.2, 0.25) is 5.95 Å². The van der Waals surface area contributed by atoms with Gasteiger partial charge in [0.05, 0.1) is 19.0 Å². The highest BCUT2D eigenvalue weighted by atomic mass is 16.5. The predicted molar refractivity (Wildman–Crippen MR) is 177 cm³/mol. The molecule has 2 N–H and O–H groups in total. The van der Waals surface area contributed by atoms with Crippen LogP contribution in [0.1, 0.15) is 69.7 Å². The number of ether oxygens (including phenoxy) is 1. The molecule has 1 aromatic heterocycles. The molecule has 0 radical (unpaired) electrons. The second-order valence-corrected chi connectivity index (χ2v) is 13.2. The van der Waals surface area contributed by atoms with Gasteiger partial charge in [0.25, 0.3) is 11.8 Å². The van der Waals surface area contributed by atoms with Crippen molar-refractivity contribution in [3.63, 3.8) is 0 Å². The number of methoxy groups -OCH3 is 1. The third-order valence-corrected chi connectivity index (χ3v) is 9.79. The van der Waals surface area contributed by atoms with Gasteiger partial charge in [-0.25, -0.2) is 4.98 Å². The Morgan fingerprint density at radius 3 is 2.47 bits per heavy atom. The molecule has 6 rings (SSSR count). The number of rotatable bonds is 9. The van der Waals surface area contributed by atoms with E-state index in [0.29, 0.717) is 46.2 Å². The maximum Gasteiger partial charge on any atom is 0.274 e. The number of nitrogens with zero attached hydrogens (tertiary/aromatic N) is 6. The quantitative estimate of drug-likeness (QED) is 0.397. The normalized spacial score (nSPS) is 23.8. The third kappa shape index (κ3) is 6.79. The van der Waals surface area contributed by atoms with Crippen LogP contribution in [-0.2, 0) is 4.79 Å². The highest BCUT2D eigenvalue weighted by molar-refractivity contribution is 6.12. The molecule has 2 amide bonds. The molecule has 1 aromatic carbocycles. The van der Waals surface area contributed by atoms with Crippen molar-refractivity contribution >= 4 is 35.0 Å². The molecule has 2 aromatic rings. The van der Waals surface area contributed by atoms with E-state index in [1.165, 1.54) is 45.6 Å². The second-order valence-electron chi connectivity index (χ2n) is 13.2. The molecule has 11 nitrogen and oxygen atoms in total. The number of carbonyl (C=O) groups is 2. The SMILES string of the molecule is CC=C1C(=O)N(C)c2cnc(Nc3ccc(C(=O)NC4CCC(N5CCN(CC6CC6)CC5)CC4)cc3OC)nc2N1C(C)C. The molecule has 0 bridgehead atoms. The number of hydrogen-bond donors (Lipinski definition) is 2. The largest absolute Gasteiger partial charge is 0.495 e. The first-order valence-electron chi connectivity index (χ1n) is 16.6. The number of fused-ring (bicyclic) bond motifs is 1. The zero-order valence-electron chi connectivity index (χ0n) is 27.4. The fourth-order valence-corrected chi connectivity index (χ4v) is 7.01. The van der Waals surface area contributed by atoms with E-state index >= 15 is 0 Å². The summed E-state index contributed by atoms with van der Waals surface area (Å²) in [4.78, 5) is 44.3. The van der Waals surface area contributed by atoms with Gasteiger partial charge in [-0.2, -0.15) is 4.98 Å². The summed E-state index contributed by atoms with van der Waals surface area (Å²) in [5.41, 5.74) is 2.42. The molecule has 2 aliphatic heterocycles. The minimum atomic E-state index is -0.0935. The molecular formula is C34H48N8O3. The number of anilines is 4. The lowest BCUT2D eigenvalue weighted by Crippen LogP contribution is -2.52. The van der Waals surface area contributed by atoms with Crippen LogP contribution in [0.5, 0.6) is 5.75 Å². The number of allylic oxidation sites excluding steroid dienone is 1. The number of nitrogens with one attached hydrogen (secondary N) is 2. The first-order valence-corrected chi connectivity index (χ1v) is 16.6. The van der Waals surface area contributed by atoms with E-state index in [2.05, 4.69) is 25.4 Å². The average Bonchev–Trinajstić information content (AvgIpc) is 3.87. The van der Waals surface area contributed by atoms with E-state index in [4.69, 9.17) is 9.72 Å². The first kappa shape index (κ1) is 31.3. The first-order chi connectivity index (χ1) is 21.7. The fourth-order valence-electron chi connectivity index (χ4n) is 7.01. The molecule has 3 heterocycles. The van der Waals surface area contributed by atoms with Crippen molar-refractivity contribution in [2.75, 3.05) is 62.0 Å². The van der Waals surface area contributed by atoms with Crippen LogP contribution in [-0.4, -0.2) is 96.6 Å². The molecule has 0 unspecified atom stereocenters. The summed E-state index contributed by atoms with van der Waals surface area (Å²) >= 11 is 0. The molecule has 0 spiro atoms. The Balaban J connectivity index is 1.06. The fraction of sp³-hybridized carbons (Fsp3) is 0.588. The van der Waals surface area contributed by atoms with Gasteiger partial charge in [-0.1, -0.05) is 6.08 Å². The highest BCUT2D eigenvalue weighted by Crippen LogP contribution is 2.38. The van der Waals surface area contributed by atoms with Crippen molar-refractivity contribution in [3.05, 3.63) is 41.7 Å². The topological polar surface area (TPSA) is 106 Å². The number of hydrogen-bond acceptors (Lipinski definition) is 9. The van der Waals surface area contributed by atoms with Gasteiger partial charge < -0.3 is 30.1 Å². The smallest absolute Gasteiger partial charge is 0.274 e. The minimum absolute atomic E-state index is 0.0186. The van der Waals surface area contributed by atoms with Gasteiger partial charge in [-0.15, -0.1) is 0 Å². The number of carbonyl (C=O) groups excluding carboxylic acids is 2. The van der Waals surface area contributed by atoms with Crippen LogP contribution in [0.25, 0.3) is 0 Å². The Labute approximate surface area is 267 Å². The van der Waals surface area contributed by atoms with Gasteiger partial charge in [0.1, 0.15) is 17.1 Å². The number of benzene rings is 1. The third-order valence-electron chi connectivity index (χ3n) is 9.79. The average molecular weight is 617 g/mol. The van der Waals surface area contributed by atoms with Crippen molar-refractivity contribution in [3.8, 4) is 5.75 Å². The van der Waals surface area contributed by atoms with Crippen LogP contribution in [0, 0.1) is 5.92 Å². The number of amides is 2. The Morgan fingerprint density at radius 1 is 1.09 bits per heavy atom. The summed E-state index contributed by atoms with van der Waals surface area (Å²) in [6, 6.07) is 6.22. The Kier molecular flexibility index (Phi) is 9.28.